The van der Waals surface area contributed by atoms with Crippen LogP contribution in [0.5, 0.6) is 5.75 Å². The molecule has 44 heavy (non-hydrogen) atoms. The number of pyridine rings is 1. The van der Waals surface area contributed by atoms with E-state index in [9.17, 15) is 13.2 Å². The monoisotopic (exact) mass is 614 g/mol. The molecule has 5 aromatic rings. The summed E-state index contributed by atoms with van der Waals surface area (Å²) >= 11 is 0. The van der Waals surface area contributed by atoms with Gasteiger partial charge >= 0.3 is 0 Å². The van der Waals surface area contributed by atoms with Crippen LogP contribution in [0.1, 0.15) is 11.1 Å². The minimum atomic E-state index is -3.78. The Balaban J connectivity index is 1.51. The van der Waals surface area contributed by atoms with Gasteiger partial charge < -0.3 is 29.8 Å². The first kappa shape index (κ1) is 29.4. The molecular weight excluding hydrogens is 580 g/mol. The van der Waals surface area contributed by atoms with Crippen molar-refractivity contribution in [2.24, 2.45) is 7.05 Å². The van der Waals surface area contributed by atoms with Crippen molar-refractivity contribution in [1.82, 2.24) is 28.7 Å². The highest BCUT2D eigenvalue weighted by molar-refractivity contribution is 7.89. The molecule has 0 saturated carbocycles. The van der Waals surface area contributed by atoms with Gasteiger partial charge in [0, 0.05) is 58.3 Å². The lowest BCUT2D eigenvalue weighted by Gasteiger charge is -2.26. The number of benzene rings is 2. The number of sulfonamides is 1. The van der Waals surface area contributed by atoms with E-state index in [-0.39, 0.29) is 16.4 Å². The Hall–Kier alpha value is -4.72. The summed E-state index contributed by atoms with van der Waals surface area (Å²) in [6.45, 7) is 1.79. The normalized spacial score (nSPS) is 13.7. The van der Waals surface area contributed by atoms with Gasteiger partial charge in [0.1, 0.15) is 22.1 Å². The number of likely N-dealkylation sites (N-methyl/N-ethyl adjacent to an activating group) is 1. The van der Waals surface area contributed by atoms with Gasteiger partial charge in [-0.05, 0) is 60.5 Å². The summed E-state index contributed by atoms with van der Waals surface area (Å²) in [5.41, 5.74) is 5.17. The third kappa shape index (κ3) is 5.41. The zero-order chi connectivity index (χ0) is 31.2. The molecular formula is C31H34N8O4S. The molecule has 4 heterocycles. The Morgan fingerprint density at radius 3 is 2.55 bits per heavy atom. The number of nitrogens with one attached hydrogen (secondary N) is 3. The van der Waals surface area contributed by atoms with Crippen LogP contribution in [0.3, 0.4) is 0 Å². The van der Waals surface area contributed by atoms with Crippen LogP contribution in [0.25, 0.3) is 22.2 Å². The average Bonchev–Trinajstić information content (AvgIpc) is 3.42. The van der Waals surface area contributed by atoms with Crippen LogP contribution in [0, 0.1) is 0 Å². The summed E-state index contributed by atoms with van der Waals surface area (Å²) < 4.78 is 34.8. The second-order valence-corrected chi connectivity index (χ2v) is 13.1. The predicted molar refractivity (Wildman–Crippen MR) is 171 cm³/mol. The second-order valence-electron chi connectivity index (χ2n) is 11.0. The van der Waals surface area contributed by atoms with Crippen LogP contribution in [-0.4, -0.2) is 71.9 Å². The van der Waals surface area contributed by atoms with E-state index in [1.807, 2.05) is 12.1 Å². The van der Waals surface area contributed by atoms with E-state index in [2.05, 4.69) is 33.6 Å². The zero-order valence-corrected chi connectivity index (χ0v) is 26.0. The molecule has 12 nitrogen and oxygen atoms in total. The fourth-order valence-corrected chi connectivity index (χ4v) is 6.40. The number of aromatic amines is 1. The number of H-pyrrole nitrogens is 1. The molecule has 0 amide bonds. The Bertz CT molecular complexity index is 2050. The highest BCUT2D eigenvalue weighted by atomic mass is 32.2. The molecule has 1 aliphatic rings. The lowest BCUT2D eigenvalue weighted by molar-refractivity contribution is 0.312. The Kier molecular flexibility index (Phi) is 7.61. The molecule has 0 aliphatic carbocycles. The van der Waals surface area contributed by atoms with E-state index in [0.717, 1.165) is 23.8 Å². The molecule has 0 saturated heterocycles. The molecule has 3 aromatic heterocycles. The maximum absolute atomic E-state index is 13.2. The first-order valence-corrected chi connectivity index (χ1v) is 15.5. The van der Waals surface area contributed by atoms with Crippen LogP contribution >= 0.6 is 0 Å². The van der Waals surface area contributed by atoms with Crippen molar-refractivity contribution in [3.05, 3.63) is 82.4 Å². The lowest BCUT2D eigenvalue weighted by atomic mass is 9.99. The Morgan fingerprint density at radius 1 is 1.00 bits per heavy atom. The van der Waals surface area contributed by atoms with Crippen molar-refractivity contribution in [1.29, 1.82) is 0 Å². The van der Waals surface area contributed by atoms with Gasteiger partial charge in [0.15, 0.2) is 0 Å². The van der Waals surface area contributed by atoms with Crippen molar-refractivity contribution >= 4 is 44.2 Å². The summed E-state index contributed by atoms with van der Waals surface area (Å²) in [5, 5.41) is 7.20. The number of ether oxygens (including phenoxy) is 1. The maximum Gasteiger partial charge on any atom is 0.250 e. The minimum absolute atomic E-state index is 0.0948. The van der Waals surface area contributed by atoms with Gasteiger partial charge in [0.25, 0.3) is 5.56 Å². The number of aryl methyl sites for hydroxylation is 1. The van der Waals surface area contributed by atoms with Crippen molar-refractivity contribution in [3.63, 3.8) is 0 Å². The van der Waals surface area contributed by atoms with Gasteiger partial charge in [-0.15, -0.1) is 0 Å². The van der Waals surface area contributed by atoms with Crippen molar-refractivity contribution in [2.45, 2.75) is 17.9 Å². The molecule has 0 spiro atoms. The summed E-state index contributed by atoms with van der Waals surface area (Å²) in [5.74, 6) is 1.29. The van der Waals surface area contributed by atoms with Gasteiger partial charge in [-0.1, -0.05) is 12.1 Å². The smallest absolute Gasteiger partial charge is 0.250 e. The number of rotatable bonds is 8. The van der Waals surface area contributed by atoms with E-state index in [0.29, 0.717) is 45.1 Å². The van der Waals surface area contributed by atoms with Crippen molar-refractivity contribution in [2.75, 3.05) is 45.4 Å². The number of fused-ring (bicyclic) bond motifs is 2. The van der Waals surface area contributed by atoms with E-state index in [4.69, 9.17) is 14.7 Å². The van der Waals surface area contributed by atoms with E-state index < -0.39 is 10.0 Å². The number of para-hydroxylation sites is 1. The van der Waals surface area contributed by atoms with Gasteiger partial charge in [0.05, 0.1) is 23.9 Å². The minimum Gasteiger partial charge on any atom is -0.495 e. The number of anilines is 4. The number of aromatic nitrogens is 4. The molecule has 228 valence electrons. The summed E-state index contributed by atoms with van der Waals surface area (Å²) in [7, 11) is 4.60. The first-order chi connectivity index (χ1) is 21.0. The summed E-state index contributed by atoms with van der Waals surface area (Å²) in [6.07, 6.45) is 4.39. The SMILES string of the molecule is COc1cc2c(cc1Nc1nc(Nc3ccccc3S(=O)(=O)N(C)C)c3c(-c4ccn(C)c(=O)c4)c[nH]c3n1)CN(C)CC2. The lowest BCUT2D eigenvalue weighted by Crippen LogP contribution is -2.26. The summed E-state index contributed by atoms with van der Waals surface area (Å²) in [4.78, 5) is 27.7. The number of hydrogen-bond acceptors (Lipinski definition) is 9. The zero-order valence-electron chi connectivity index (χ0n) is 25.2. The second kappa shape index (κ2) is 11.4. The van der Waals surface area contributed by atoms with Crippen molar-refractivity contribution < 1.29 is 13.2 Å². The van der Waals surface area contributed by atoms with Crippen molar-refractivity contribution in [3.8, 4) is 16.9 Å². The molecule has 3 N–H and O–H groups in total. The Morgan fingerprint density at radius 2 is 1.80 bits per heavy atom. The molecule has 0 fully saturated rings. The quantitative estimate of drug-likeness (QED) is 0.236. The van der Waals surface area contributed by atoms with Gasteiger partial charge in [-0.2, -0.15) is 9.97 Å². The molecule has 6 rings (SSSR count). The molecule has 0 unspecified atom stereocenters. The average molecular weight is 615 g/mol. The predicted octanol–water partition coefficient (Wildman–Crippen LogP) is 4.06. The van der Waals surface area contributed by atoms with Crippen LogP contribution in [0.4, 0.5) is 23.1 Å². The molecule has 0 radical (unpaired) electrons. The van der Waals surface area contributed by atoms with Gasteiger partial charge in [-0.3, -0.25) is 4.79 Å². The van der Waals surface area contributed by atoms with Gasteiger partial charge in [0.2, 0.25) is 16.0 Å². The standard InChI is InChI=1S/C31H34N8O4S/c1-37(2)44(41,42)26-9-7-6-8-23(26)33-30-28-22(20-11-13-39(4)27(40)16-20)17-32-29(28)35-31(36-30)34-24-14-21-18-38(3)12-10-19(21)15-25(24)43-5/h6-9,11,13-17H,10,12,18H2,1-5H3,(H3,32,33,34,35,36). The van der Waals surface area contributed by atoms with Crippen LogP contribution < -0.4 is 20.9 Å². The van der Waals surface area contributed by atoms with Crippen LogP contribution in [0.2, 0.25) is 0 Å². The van der Waals surface area contributed by atoms with E-state index in [1.54, 1.807) is 50.8 Å². The third-order valence-corrected chi connectivity index (χ3v) is 9.69. The number of hydrogen-bond donors (Lipinski definition) is 3. The third-order valence-electron chi connectivity index (χ3n) is 7.82. The number of nitrogens with zero attached hydrogens (tertiary/aromatic N) is 5. The van der Waals surface area contributed by atoms with Crippen LogP contribution in [0.15, 0.2) is 70.6 Å². The molecule has 2 aromatic carbocycles. The van der Waals surface area contributed by atoms with Gasteiger partial charge in [-0.25, -0.2) is 12.7 Å². The Labute approximate surface area is 255 Å². The topological polar surface area (TPSA) is 137 Å². The van der Waals surface area contributed by atoms with E-state index >= 15 is 0 Å². The fraction of sp³-hybridized carbons (Fsp3) is 0.258. The molecule has 0 bridgehead atoms. The molecule has 0 atom stereocenters. The largest absolute Gasteiger partial charge is 0.495 e. The summed E-state index contributed by atoms with van der Waals surface area (Å²) in [6, 6.07) is 14.1. The maximum atomic E-state index is 13.2. The molecule has 1 aliphatic heterocycles. The number of methoxy groups -OCH3 is 1. The van der Waals surface area contributed by atoms with E-state index in [1.165, 1.54) is 35.9 Å². The highest BCUT2D eigenvalue weighted by Gasteiger charge is 2.24. The highest BCUT2D eigenvalue weighted by Crippen LogP contribution is 2.38. The fourth-order valence-electron chi connectivity index (χ4n) is 5.36. The first-order valence-electron chi connectivity index (χ1n) is 14.0. The molecule has 13 heteroatoms. The van der Waals surface area contributed by atoms with Crippen LogP contribution in [-0.2, 0) is 30.0 Å².